The van der Waals surface area contributed by atoms with Crippen LogP contribution in [0.25, 0.3) is 0 Å². The van der Waals surface area contributed by atoms with Gasteiger partial charge in [0.2, 0.25) is 17.7 Å². The lowest BCUT2D eigenvalue weighted by molar-refractivity contribution is -0.142. The maximum Gasteiger partial charge on any atom is 0.326 e. The van der Waals surface area contributed by atoms with E-state index in [2.05, 4.69) is 16.0 Å². The number of hydrogen-bond acceptors (Lipinski definition) is 9. The third-order valence-electron chi connectivity index (χ3n) is 4.82. The summed E-state index contributed by atoms with van der Waals surface area (Å²) in [5.41, 5.74) is 11.0. The van der Waals surface area contributed by atoms with Crippen LogP contribution in [0.3, 0.4) is 0 Å². The van der Waals surface area contributed by atoms with Crippen molar-refractivity contribution < 1.29 is 44.1 Å². The number of hydrogen-bond donors (Lipinski definition) is 8. The second kappa shape index (κ2) is 17.5. The molecule has 15 heteroatoms. The van der Waals surface area contributed by atoms with E-state index in [1.165, 1.54) is 11.8 Å². The number of unbranched alkanes of at least 4 members (excludes halogenated alkanes) is 1. The molecule has 0 fully saturated rings. The molecule has 0 heterocycles. The zero-order valence-electron chi connectivity index (χ0n) is 19.5. The van der Waals surface area contributed by atoms with Gasteiger partial charge in [0.25, 0.3) is 0 Å². The number of aliphatic carboxylic acids is 3. The van der Waals surface area contributed by atoms with Crippen LogP contribution in [-0.4, -0.2) is 93.7 Å². The second-order valence-corrected chi connectivity index (χ2v) is 8.71. The van der Waals surface area contributed by atoms with E-state index in [1.807, 2.05) is 0 Å². The van der Waals surface area contributed by atoms with Crippen LogP contribution in [0, 0.1) is 0 Å². The van der Waals surface area contributed by atoms with Crippen LogP contribution < -0.4 is 27.4 Å². The number of carbonyl (C=O) groups is 6. The molecule has 4 atom stereocenters. The summed E-state index contributed by atoms with van der Waals surface area (Å²) in [6.45, 7) is 0.326. The van der Waals surface area contributed by atoms with Crippen molar-refractivity contribution in [2.75, 3.05) is 18.6 Å². The number of nitrogens with one attached hydrogen (secondary N) is 3. The molecule has 0 aliphatic heterocycles. The molecule has 0 rings (SSSR count). The first-order valence-electron chi connectivity index (χ1n) is 10.9. The topological polar surface area (TPSA) is 251 Å². The van der Waals surface area contributed by atoms with E-state index >= 15 is 0 Å². The van der Waals surface area contributed by atoms with Gasteiger partial charge in [-0.15, -0.1) is 0 Å². The van der Waals surface area contributed by atoms with Crippen LogP contribution in [0.5, 0.6) is 0 Å². The van der Waals surface area contributed by atoms with Gasteiger partial charge in [0.15, 0.2) is 0 Å². The maximum atomic E-state index is 12.9. The van der Waals surface area contributed by atoms with Gasteiger partial charge >= 0.3 is 17.9 Å². The third-order valence-corrected chi connectivity index (χ3v) is 5.46. The van der Waals surface area contributed by atoms with Crippen LogP contribution in [0.15, 0.2) is 0 Å². The van der Waals surface area contributed by atoms with E-state index < -0.39 is 72.6 Å². The SMILES string of the molecule is CSCCC(NC(=O)C(CCCCN)NC(=O)C(CCC(=O)O)NC(=O)C(N)CC(=O)O)C(=O)O. The van der Waals surface area contributed by atoms with Gasteiger partial charge in [-0.3, -0.25) is 24.0 Å². The maximum absolute atomic E-state index is 12.9. The van der Waals surface area contributed by atoms with Crippen molar-refractivity contribution in [3.05, 3.63) is 0 Å². The Balaban J connectivity index is 5.55. The Morgan fingerprint density at radius 3 is 1.80 bits per heavy atom. The first-order valence-corrected chi connectivity index (χ1v) is 12.3. The van der Waals surface area contributed by atoms with Crippen molar-refractivity contribution in [2.24, 2.45) is 11.5 Å². The summed E-state index contributed by atoms with van der Waals surface area (Å²) < 4.78 is 0. The number of amides is 3. The molecule has 200 valence electrons. The fraction of sp³-hybridized carbons (Fsp3) is 0.700. The molecule has 0 aliphatic rings. The van der Waals surface area contributed by atoms with Crippen molar-refractivity contribution in [1.29, 1.82) is 0 Å². The quantitative estimate of drug-likeness (QED) is 0.0865. The summed E-state index contributed by atoms with van der Waals surface area (Å²) in [7, 11) is 0. The van der Waals surface area contributed by atoms with Gasteiger partial charge in [-0.1, -0.05) is 0 Å². The molecular formula is C20H35N5O9S. The highest BCUT2D eigenvalue weighted by molar-refractivity contribution is 7.98. The second-order valence-electron chi connectivity index (χ2n) is 7.72. The molecule has 0 aromatic heterocycles. The van der Waals surface area contributed by atoms with E-state index in [0.29, 0.717) is 25.1 Å². The summed E-state index contributed by atoms with van der Waals surface area (Å²) in [6, 6.07) is -5.26. The minimum Gasteiger partial charge on any atom is -0.481 e. The van der Waals surface area contributed by atoms with Gasteiger partial charge in [-0.05, 0) is 50.7 Å². The molecule has 35 heavy (non-hydrogen) atoms. The number of rotatable bonds is 19. The fourth-order valence-corrected chi connectivity index (χ4v) is 3.37. The predicted molar refractivity (Wildman–Crippen MR) is 126 cm³/mol. The largest absolute Gasteiger partial charge is 0.481 e. The Hall–Kier alpha value is -2.91. The first kappa shape index (κ1) is 32.1. The minimum atomic E-state index is -1.48. The van der Waals surface area contributed by atoms with Gasteiger partial charge in [0, 0.05) is 6.42 Å². The minimum absolute atomic E-state index is 0.113. The Morgan fingerprint density at radius 2 is 1.31 bits per heavy atom. The lowest BCUT2D eigenvalue weighted by atomic mass is 10.0. The lowest BCUT2D eigenvalue weighted by Gasteiger charge is -2.25. The Bertz CT molecular complexity index is 752. The molecule has 0 aromatic carbocycles. The highest BCUT2D eigenvalue weighted by atomic mass is 32.2. The van der Waals surface area contributed by atoms with Gasteiger partial charge in [0.1, 0.15) is 18.1 Å². The molecular weight excluding hydrogens is 486 g/mol. The normalized spacial score (nSPS) is 14.1. The number of carboxylic acid groups (broad SMARTS) is 3. The van der Waals surface area contributed by atoms with Crippen LogP contribution in [0.2, 0.25) is 0 Å². The van der Waals surface area contributed by atoms with Crippen LogP contribution >= 0.6 is 11.8 Å². The molecule has 14 nitrogen and oxygen atoms in total. The van der Waals surface area contributed by atoms with E-state index in [4.69, 9.17) is 21.7 Å². The number of thioether (sulfide) groups is 1. The molecule has 3 amide bonds. The molecule has 0 spiro atoms. The lowest BCUT2D eigenvalue weighted by Crippen LogP contribution is -2.57. The molecule has 0 aromatic rings. The average molecular weight is 522 g/mol. The molecule has 0 radical (unpaired) electrons. The molecule has 4 unspecified atom stereocenters. The van der Waals surface area contributed by atoms with Gasteiger partial charge in [-0.2, -0.15) is 11.8 Å². The third kappa shape index (κ3) is 14.2. The fourth-order valence-electron chi connectivity index (χ4n) is 2.90. The van der Waals surface area contributed by atoms with E-state index in [1.54, 1.807) is 6.26 Å². The van der Waals surface area contributed by atoms with Crippen LogP contribution in [0.4, 0.5) is 0 Å². The van der Waals surface area contributed by atoms with E-state index in [9.17, 15) is 33.9 Å². The number of nitrogens with two attached hydrogens (primary N) is 2. The van der Waals surface area contributed by atoms with Gasteiger partial charge in [0.05, 0.1) is 12.5 Å². The van der Waals surface area contributed by atoms with Gasteiger partial charge in [-0.25, -0.2) is 4.79 Å². The standard InChI is InChI=1S/C20H35N5O9S/c1-35-9-7-14(20(33)34)25-18(31)12(4-2-3-8-21)24-19(32)13(5-6-15(26)27)23-17(30)11(22)10-16(28)29/h11-14H,2-10,21-22H2,1H3,(H,23,30)(H,24,32)(H,25,31)(H,26,27)(H,28,29)(H,33,34). The Morgan fingerprint density at radius 1 is 0.771 bits per heavy atom. The van der Waals surface area contributed by atoms with Crippen molar-refractivity contribution in [1.82, 2.24) is 16.0 Å². The molecule has 0 saturated heterocycles. The summed E-state index contributed by atoms with van der Waals surface area (Å²) in [6.07, 6.45) is 1.43. The van der Waals surface area contributed by atoms with Crippen molar-refractivity contribution >= 4 is 47.4 Å². The zero-order valence-corrected chi connectivity index (χ0v) is 20.3. The highest BCUT2D eigenvalue weighted by Gasteiger charge is 2.30. The Kier molecular flexibility index (Phi) is 16.1. The number of carbonyl (C=O) groups excluding carboxylic acids is 3. The monoisotopic (exact) mass is 521 g/mol. The van der Waals surface area contributed by atoms with Crippen molar-refractivity contribution in [3.8, 4) is 0 Å². The van der Waals surface area contributed by atoms with Crippen molar-refractivity contribution in [3.63, 3.8) is 0 Å². The zero-order chi connectivity index (χ0) is 27.0. The van der Waals surface area contributed by atoms with Crippen molar-refractivity contribution in [2.45, 2.75) is 69.1 Å². The first-order chi connectivity index (χ1) is 16.4. The highest BCUT2D eigenvalue weighted by Crippen LogP contribution is 2.07. The molecule has 10 N–H and O–H groups in total. The Labute approximate surface area is 206 Å². The summed E-state index contributed by atoms with van der Waals surface area (Å²) in [5, 5.41) is 34.2. The summed E-state index contributed by atoms with van der Waals surface area (Å²) >= 11 is 1.40. The van der Waals surface area contributed by atoms with Gasteiger partial charge < -0.3 is 42.7 Å². The van der Waals surface area contributed by atoms with Crippen LogP contribution in [0.1, 0.15) is 44.9 Å². The van der Waals surface area contributed by atoms with E-state index in [0.717, 1.165) is 0 Å². The van der Waals surface area contributed by atoms with Crippen LogP contribution in [-0.2, 0) is 28.8 Å². The number of carboxylic acids is 3. The smallest absolute Gasteiger partial charge is 0.326 e. The summed E-state index contributed by atoms with van der Waals surface area (Å²) in [4.78, 5) is 71.1. The molecule has 0 saturated carbocycles. The summed E-state index contributed by atoms with van der Waals surface area (Å²) in [5.74, 6) is -5.99. The average Bonchev–Trinajstić information content (AvgIpc) is 2.77. The van der Waals surface area contributed by atoms with E-state index in [-0.39, 0.29) is 19.3 Å². The molecule has 0 bridgehead atoms. The predicted octanol–water partition coefficient (Wildman–Crippen LogP) is -1.93. The molecule has 0 aliphatic carbocycles.